The highest BCUT2D eigenvalue weighted by molar-refractivity contribution is 6.05. The molecule has 1 aromatic carbocycles. The van der Waals surface area contributed by atoms with Crippen molar-refractivity contribution < 1.29 is 9.53 Å². The van der Waals surface area contributed by atoms with E-state index in [2.05, 4.69) is 15.3 Å². The standard InChI is InChI=1S/C24H30N4O4/c1-14(2)12-28-21-20(23(30)27-24(28)31)18(10-19(26-21)15(3)4)22(29)25-11-16-8-6-7-9-17(16)13-32-5/h6-10,14-15H,11-13H2,1-5H3,(H,25,29)(H,27,30,31). The third-order valence-electron chi connectivity index (χ3n) is 5.21. The Morgan fingerprint density at radius 2 is 1.84 bits per heavy atom. The molecule has 0 bridgehead atoms. The molecule has 0 atom stereocenters. The maximum Gasteiger partial charge on any atom is 0.330 e. The summed E-state index contributed by atoms with van der Waals surface area (Å²) in [6.45, 7) is 8.95. The summed E-state index contributed by atoms with van der Waals surface area (Å²) in [5.74, 6) is -0.233. The number of pyridine rings is 1. The molecule has 8 heteroatoms. The van der Waals surface area contributed by atoms with Crippen LogP contribution < -0.4 is 16.6 Å². The largest absolute Gasteiger partial charge is 0.380 e. The van der Waals surface area contributed by atoms with Crippen molar-refractivity contribution in [2.24, 2.45) is 5.92 Å². The van der Waals surface area contributed by atoms with Gasteiger partial charge in [-0.25, -0.2) is 9.78 Å². The number of aromatic amines is 1. The Labute approximate surface area is 186 Å². The van der Waals surface area contributed by atoms with Crippen LogP contribution in [0.25, 0.3) is 11.0 Å². The number of fused-ring (bicyclic) bond motifs is 1. The van der Waals surface area contributed by atoms with Gasteiger partial charge < -0.3 is 10.1 Å². The number of carbonyl (C=O) groups is 1. The first kappa shape index (κ1) is 23.4. The number of ether oxygens (including phenoxy) is 1. The highest BCUT2D eigenvalue weighted by Crippen LogP contribution is 2.20. The minimum absolute atomic E-state index is 0.00951. The van der Waals surface area contributed by atoms with Gasteiger partial charge in [0, 0.05) is 25.9 Å². The van der Waals surface area contributed by atoms with Crippen LogP contribution in [0.2, 0.25) is 0 Å². The minimum Gasteiger partial charge on any atom is -0.380 e. The molecule has 0 saturated carbocycles. The second-order valence-corrected chi connectivity index (χ2v) is 8.60. The molecular formula is C24H30N4O4. The Morgan fingerprint density at radius 1 is 1.16 bits per heavy atom. The summed E-state index contributed by atoms with van der Waals surface area (Å²) < 4.78 is 6.68. The van der Waals surface area contributed by atoms with Crippen molar-refractivity contribution >= 4 is 16.9 Å². The van der Waals surface area contributed by atoms with Crippen molar-refractivity contribution in [1.82, 2.24) is 19.9 Å². The van der Waals surface area contributed by atoms with E-state index in [0.29, 0.717) is 18.8 Å². The highest BCUT2D eigenvalue weighted by atomic mass is 16.5. The van der Waals surface area contributed by atoms with Crippen molar-refractivity contribution in [3.63, 3.8) is 0 Å². The summed E-state index contributed by atoms with van der Waals surface area (Å²) in [6.07, 6.45) is 0. The first-order chi connectivity index (χ1) is 15.2. The molecule has 8 nitrogen and oxygen atoms in total. The van der Waals surface area contributed by atoms with E-state index in [0.717, 1.165) is 11.1 Å². The van der Waals surface area contributed by atoms with Gasteiger partial charge in [0.05, 0.1) is 17.6 Å². The number of methoxy groups -OCH3 is 1. The Balaban J connectivity index is 2.10. The summed E-state index contributed by atoms with van der Waals surface area (Å²) >= 11 is 0. The molecule has 32 heavy (non-hydrogen) atoms. The number of nitrogens with zero attached hydrogens (tertiary/aromatic N) is 2. The Hall–Kier alpha value is -3.26. The molecule has 0 radical (unpaired) electrons. The SMILES string of the molecule is COCc1ccccc1CNC(=O)c1cc(C(C)C)nc2c1c(=O)[nH]c(=O)n2CC(C)C. The number of benzene rings is 1. The quantitative estimate of drug-likeness (QED) is 0.562. The molecule has 0 aliphatic heterocycles. The number of hydrogen-bond acceptors (Lipinski definition) is 5. The number of aromatic nitrogens is 3. The number of hydrogen-bond donors (Lipinski definition) is 2. The molecule has 170 valence electrons. The van der Waals surface area contributed by atoms with Crippen molar-refractivity contribution in [2.45, 2.75) is 53.3 Å². The van der Waals surface area contributed by atoms with Gasteiger partial charge in [-0.2, -0.15) is 0 Å². The van der Waals surface area contributed by atoms with Gasteiger partial charge in [-0.15, -0.1) is 0 Å². The lowest BCUT2D eigenvalue weighted by molar-refractivity contribution is 0.0951. The zero-order valence-electron chi connectivity index (χ0n) is 19.2. The third-order valence-corrected chi connectivity index (χ3v) is 5.21. The van der Waals surface area contributed by atoms with Crippen LogP contribution in [0, 0.1) is 5.92 Å². The van der Waals surface area contributed by atoms with Gasteiger partial charge >= 0.3 is 5.69 Å². The van der Waals surface area contributed by atoms with E-state index in [9.17, 15) is 14.4 Å². The maximum absolute atomic E-state index is 13.2. The lowest BCUT2D eigenvalue weighted by Crippen LogP contribution is -2.34. The van der Waals surface area contributed by atoms with Crippen molar-refractivity contribution in [3.05, 3.63) is 73.6 Å². The van der Waals surface area contributed by atoms with Crippen molar-refractivity contribution in [1.29, 1.82) is 0 Å². The van der Waals surface area contributed by atoms with E-state index in [1.54, 1.807) is 13.2 Å². The molecular weight excluding hydrogens is 408 g/mol. The van der Waals surface area contributed by atoms with Gasteiger partial charge in [0.1, 0.15) is 0 Å². The van der Waals surface area contributed by atoms with Gasteiger partial charge in [-0.05, 0) is 29.0 Å². The smallest absolute Gasteiger partial charge is 0.330 e. The molecule has 2 heterocycles. The number of carbonyl (C=O) groups excluding carboxylic acids is 1. The number of H-pyrrole nitrogens is 1. The summed E-state index contributed by atoms with van der Waals surface area (Å²) in [6, 6.07) is 9.32. The normalized spacial score (nSPS) is 11.5. The molecule has 3 aromatic rings. The predicted molar refractivity (Wildman–Crippen MR) is 124 cm³/mol. The van der Waals surface area contributed by atoms with E-state index in [1.807, 2.05) is 52.0 Å². The van der Waals surface area contributed by atoms with Crippen molar-refractivity contribution in [3.8, 4) is 0 Å². The van der Waals surface area contributed by atoms with Crippen LogP contribution in [-0.4, -0.2) is 27.6 Å². The van der Waals surface area contributed by atoms with E-state index in [1.165, 1.54) is 4.57 Å². The lowest BCUT2D eigenvalue weighted by Gasteiger charge is -2.16. The Kier molecular flexibility index (Phi) is 7.25. The zero-order valence-corrected chi connectivity index (χ0v) is 19.2. The summed E-state index contributed by atoms with van der Waals surface area (Å²) in [4.78, 5) is 45.4. The second kappa shape index (κ2) is 9.91. The average Bonchev–Trinajstić information content (AvgIpc) is 2.74. The van der Waals surface area contributed by atoms with Crippen LogP contribution in [0.5, 0.6) is 0 Å². The summed E-state index contributed by atoms with van der Waals surface area (Å²) in [5.41, 5.74) is 1.86. The first-order valence-corrected chi connectivity index (χ1v) is 10.7. The minimum atomic E-state index is -0.613. The van der Waals surface area contributed by atoms with E-state index < -0.39 is 17.2 Å². The van der Waals surface area contributed by atoms with Crippen molar-refractivity contribution in [2.75, 3.05) is 7.11 Å². The zero-order chi connectivity index (χ0) is 23.4. The van der Waals surface area contributed by atoms with E-state index in [4.69, 9.17) is 4.74 Å². The maximum atomic E-state index is 13.2. The van der Waals surface area contributed by atoms with E-state index in [-0.39, 0.29) is 35.0 Å². The highest BCUT2D eigenvalue weighted by Gasteiger charge is 2.21. The lowest BCUT2D eigenvalue weighted by atomic mass is 10.0. The molecule has 2 aromatic heterocycles. The van der Waals surface area contributed by atoms with Crippen LogP contribution in [-0.2, 0) is 24.4 Å². The monoisotopic (exact) mass is 438 g/mol. The van der Waals surface area contributed by atoms with Gasteiger partial charge in [-0.1, -0.05) is 52.0 Å². The summed E-state index contributed by atoms with van der Waals surface area (Å²) in [5, 5.41) is 3.03. The summed E-state index contributed by atoms with van der Waals surface area (Å²) in [7, 11) is 1.62. The first-order valence-electron chi connectivity index (χ1n) is 10.7. The number of amides is 1. The fourth-order valence-corrected chi connectivity index (χ4v) is 3.60. The second-order valence-electron chi connectivity index (χ2n) is 8.60. The average molecular weight is 439 g/mol. The fourth-order valence-electron chi connectivity index (χ4n) is 3.60. The van der Waals surface area contributed by atoms with Crippen LogP contribution in [0.4, 0.5) is 0 Å². The van der Waals surface area contributed by atoms with Crippen LogP contribution in [0.15, 0.2) is 39.9 Å². The topological polar surface area (TPSA) is 106 Å². The molecule has 3 rings (SSSR count). The molecule has 0 spiro atoms. The van der Waals surface area contributed by atoms with Gasteiger partial charge in [0.15, 0.2) is 5.65 Å². The molecule has 0 aliphatic rings. The number of rotatable bonds is 8. The van der Waals surface area contributed by atoms with E-state index >= 15 is 0 Å². The van der Waals surface area contributed by atoms with Gasteiger partial charge in [-0.3, -0.25) is 19.1 Å². The Morgan fingerprint density at radius 3 is 2.47 bits per heavy atom. The molecule has 1 amide bonds. The molecule has 0 saturated heterocycles. The van der Waals surface area contributed by atoms with Crippen LogP contribution >= 0.6 is 0 Å². The van der Waals surface area contributed by atoms with Gasteiger partial charge in [0.2, 0.25) is 0 Å². The van der Waals surface area contributed by atoms with Crippen LogP contribution in [0.3, 0.4) is 0 Å². The number of nitrogens with one attached hydrogen (secondary N) is 2. The fraction of sp³-hybridized carbons (Fsp3) is 0.417. The molecule has 0 fully saturated rings. The molecule has 2 N–H and O–H groups in total. The Bertz CT molecular complexity index is 1240. The van der Waals surface area contributed by atoms with Gasteiger partial charge in [0.25, 0.3) is 11.5 Å². The predicted octanol–water partition coefficient (Wildman–Crippen LogP) is 2.94. The third kappa shape index (κ3) is 4.96. The van der Waals surface area contributed by atoms with Crippen LogP contribution in [0.1, 0.15) is 60.8 Å². The molecule has 0 aliphatic carbocycles. The molecule has 0 unspecified atom stereocenters.